The third-order valence-electron chi connectivity index (χ3n) is 2.21. The highest BCUT2D eigenvalue weighted by atomic mass is 32.2. The van der Waals surface area contributed by atoms with E-state index >= 15 is 0 Å². The molecule has 0 radical (unpaired) electrons. The lowest BCUT2D eigenvalue weighted by molar-refractivity contribution is 0.603. The van der Waals surface area contributed by atoms with E-state index in [-0.39, 0.29) is 0 Å². The molecule has 0 atom stereocenters. The van der Waals surface area contributed by atoms with Crippen molar-refractivity contribution in [3.8, 4) is 0 Å². The summed E-state index contributed by atoms with van der Waals surface area (Å²) in [7, 11) is -5.19. The Morgan fingerprint density at radius 2 is 1.60 bits per heavy atom. The maximum absolute atomic E-state index is 12.1. The minimum atomic E-state index is -3.33. The molecule has 0 aliphatic heterocycles. The molecular formula is C11H16O2SSi. The molecule has 0 aliphatic rings. The molecular weight excluding hydrogens is 224 g/mol. The molecule has 0 aromatic heterocycles. The van der Waals surface area contributed by atoms with Crippen LogP contribution in [-0.4, -0.2) is 16.5 Å². The van der Waals surface area contributed by atoms with Crippen LogP contribution in [0.1, 0.15) is 0 Å². The minimum absolute atomic E-state index is 0.345. The van der Waals surface area contributed by atoms with Crippen molar-refractivity contribution in [1.29, 1.82) is 0 Å². The Balaban J connectivity index is 3.22. The van der Waals surface area contributed by atoms with Gasteiger partial charge in [0.25, 0.3) is 0 Å². The van der Waals surface area contributed by atoms with Gasteiger partial charge in [0.15, 0.2) is 9.84 Å². The molecule has 0 fully saturated rings. The van der Waals surface area contributed by atoms with E-state index in [2.05, 4.69) is 6.58 Å². The third-order valence-corrected chi connectivity index (χ3v) is 8.07. The summed E-state index contributed by atoms with van der Waals surface area (Å²) in [5.41, 5.74) is 0. The normalized spacial score (nSPS) is 12.5. The second-order valence-corrected chi connectivity index (χ2v) is 11.9. The largest absolute Gasteiger partial charge is 0.219 e. The van der Waals surface area contributed by atoms with Crippen LogP contribution in [-0.2, 0) is 9.84 Å². The summed E-state index contributed by atoms with van der Waals surface area (Å²) < 4.78 is 24.6. The van der Waals surface area contributed by atoms with Gasteiger partial charge >= 0.3 is 0 Å². The smallest absolute Gasteiger partial charge is 0.198 e. The van der Waals surface area contributed by atoms with E-state index in [1.54, 1.807) is 30.3 Å². The molecule has 1 rings (SSSR count). The summed E-state index contributed by atoms with van der Waals surface area (Å²) in [6.45, 7) is 9.69. The Labute approximate surface area is 92.6 Å². The maximum Gasteiger partial charge on any atom is 0.198 e. The number of hydrogen-bond acceptors (Lipinski definition) is 2. The molecule has 1 aromatic rings. The number of benzene rings is 1. The highest BCUT2D eigenvalue weighted by molar-refractivity contribution is 7.97. The van der Waals surface area contributed by atoms with Gasteiger partial charge in [0.1, 0.15) is 0 Å². The quantitative estimate of drug-likeness (QED) is 0.761. The first-order valence-electron chi connectivity index (χ1n) is 4.76. The Morgan fingerprint density at radius 1 is 1.13 bits per heavy atom. The summed E-state index contributed by atoms with van der Waals surface area (Å²) >= 11 is 0. The Kier molecular flexibility index (Phi) is 3.21. The van der Waals surface area contributed by atoms with Crippen molar-refractivity contribution in [2.45, 2.75) is 24.5 Å². The van der Waals surface area contributed by atoms with E-state index in [0.717, 1.165) is 0 Å². The van der Waals surface area contributed by atoms with Gasteiger partial charge in [0.2, 0.25) is 0 Å². The van der Waals surface area contributed by atoms with Gasteiger partial charge in [0, 0.05) is 4.53 Å². The molecule has 82 valence electrons. The lowest BCUT2D eigenvalue weighted by Crippen LogP contribution is -2.28. The van der Waals surface area contributed by atoms with Crippen LogP contribution in [0.15, 0.2) is 46.3 Å². The van der Waals surface area contributed by atoms with Crippen molar-refractivity contribution in [2.24, 2.45) is 0 Å². The molecule has 0 N–H and O–H groups in total. The molecule has 0 bridgehead atoms. The van der Waals surface area contributed by atoms with E-state index < -0.39 is 17.9 Å². The summed E-state index contributed by atoms with van der Waals surface area (Å²) in [6.07, 6.45) is 0. The van der Waals surface area contributed by atoms with Crippen LogP contribution < -0.4 is 0 Å². The maximum atomic E-state index is 12.1. The minimum Gasteiger partial charge on any atom is -0.219 e. The highest BCUT2D eigenvalue weighted by Crippen LogP contribution is 2.25. The Hall–Kier alpha value is -0.873. The zero-order valence-corrected chi connectivity index (χ0v) is 11.1. The predicted octanol–water partition coefficient (Wildman–Crippen LogP) is 2.85. The molecule has 1 aromatic carbocycles. The lowest BCUT2D eigenvalue weighted by atomic mass is 10.4. The SMILES string of the molecule is C=C([Si](C)(C)C)S(=O)(=O)c1ccccc1. The molecule has 0 saturated carbocycles. The van der Waals surface area contributed by atoms with Crippen molar-refractivity contribution >= 4 is 17.9 Å². The van der Waals surface area contributed by atoms with Crippen LogP contribution in [0.25, 0.3) is 0 Å². The first kappa shape index (κ1) is 12.2. The lowest BCUT2D eigenvalue weighted by Gasteiger charge is -2.19. The van der Waals surface area contributed by atoms with Crippen molar-refractivity contribution < 1.29 is 8.42 Å². The first-order valence-corrected chi connectivity index (χ1v) is 9.74. The average Bonchev–Trinajstić information content (AvgIpc) is 2.16. The van der Waals surface area contributed by atoms with Gasteiger partial charge in [0.05, 0.1) is 13.0 Å². The van der Waals surface area contributed by atoms with Crippen molar-refractivity contribution in [3.05, 3.63) is 41.4 Å². The number of rotatable bonds is 3. The highest BCUT2D eigenvalue weighted by Gasteiger charge is 2.29. The van der Waals surface area contributed by atoms with Crippen LogP contribution in [0.5, 0.6) is 0 Å². The third kappa shape index (κ3) is 2.57. The molecule has 0 heterocycles. The van der Waals surface area contributed by atoms with Crippen LogP contribution in [0, 0.1) is 0 Å². The van der Waals surface area contributed by atoms with E-state index in [9.17, 15) is 8.42 Å². The van der Waals surface area contributed by atoms with Gasteiger partial charge in [-0.05, 0) is 12.1 Å². The summed E-state index contributed by atoms with van der Waals surface area (Å²) in [5.74, 6) is 0. The fourth-order valence-electron chi connectivity index (χ4n) is 1.14. The van der Waals surface area contributed by atoms with Gasteiger partial charge in [-0.2, -0.15) is 0 Å². The van der Waals surface area contributed by atoms with E-state index in [0.29, 0.717) is 9.42 Å². The van der Waals surface area contributed by atoms with Crippen LogP contribution in [0.2, 0.25) is 19.6 Å². The first-order chi connectivity index (χ1) is 6.76. The van der Waals surface area contributed by atoms with Crippen molar-refractivity contribution in [1.82, 2.24) is 0 Å². The predicted molar refractivity (Wildman–Crippen MR) is 66.1 cm³/mol. The summed E-state index contributed by atoms with van der Waals surface area (Å²) in [4.78, 5) is 0.345. The molecule has 0 saturated heterocycles. The van der Waals surface area contributed by atoms with Crippen LogP contribution in [0.4, 0.5) is 0 Å². The molecule has 0 spiro atoms. The molecule has 4 heteroatoms. The molecule has 0 aliphatic carbocycles. The number of sulfone groups is 1. The zero-order valence-electron chi connectivity index (χ0n) is 9.32. The van der Waals surface area contributed by atoms with Crippen LogP contribution >= 0.6 is 0 Å². The van der Waals surface area contributed by atoms with E-state index in [1.807, 2.05) is 19.6 Å². The summed E-state index contributed by atoms with van der Waals surface area (Å²) in [6, 6.07) is 8.48. The fourth-order valence-corrected chi connectivity index (χ4v) is 5.52. The zero-order chi connectivity index (χ0) is 11.7. The van der Waals surface area contributed by atoms with Crippen LogP contribution in [0.3, 0.4) is 0 Å². The topological polar surface area (TPSA) is 34.1 Å². The monoisotopic (exact) mass is 240 g/mol. The molecule has 2 nitrogen and oxygen atoms in total. The number of hydrogen-bond donors (Lipinski definition) is 0. The van der Waals surface area contributed by atoms with E-state index in [4.69, 9.17) is 0 Å². The van der Waals surface area contributed by atoms with Crippen molar-refractivity contribution in [2.75, 3.05) is 0 Å². The second-order valence-electron chi connectivity index (χ2n) is 4.49. The second kappa shape index (κ2) is 3.94. The van der Waals surface area contributed by atoms with Gasteiger partial charge in [-0.15, -0.1) is 0 Å². The Morgan fingerprint density at radius 3 is 2.00 bits per heavy atom. The van der Waals surface area contributed by atoms with Crippen molar-refractivity contribution in [3.63, 3.8) is 0 Å². The summed E-state index contributed by atoms with van der Waals surface area (Å²) in [5, 5.41) is 0. The van der Waals surface area contributed by atoms with E-state index in [1.165, 1.54) is 0 Å². The van der Waals surface area contributed by atoms with Gasteiger partial charge < -0.3 is 0 Å². The van der Waals surface area contributed by atoms with Gasteiger partial charge in [-0.3, -0.25) is 0 Å². The fraction of sp³-hybridized carbons (Fsp3) is 0.273. The van der Waals surface area contributed by atoms with Gasteiger partial charge in [-0.1, -0.05) is 44.4 Å². The molecule has 0 unspecified atom stereocenters. The molecule has 15 heavy (non-hydrogen) atoms. The van der Waals surface area contributed by atoms with Gasteiger partial charge in [-0.25, -0.2) is 8.42 Å². The average molecular weight is 240 g/mol. The molecule has 0 amide bonds. The Bertz CT molecular complexity index is 455. The standard InChI is InChI=1S/C11H16O2SSi/c1-10(15(2,3)4)14(12,13)11-8-6-5-7-9-11/h5-9H,1H2,2-4H3.